The Labute approximate surface area is 157 Å². The molecule has 8 heteroatoms. The van der Waals surface area contributed by atoms with Crippen LogP contribution in [0.4, 0.5) is 0 Å². The maximum Gasteiger partial charge on any atom is 0.277 e. The fraction of sp³-hybridized carbons (Fsp3) is 0.125. The zero-order valence-electron chi connectivity index (χ0n) is 12.6. The lowest BCUT2D eigenvalue weighted by Gasteiger charge is -2.07. The van der Waals surface area contributed by atoms with Crippen molar-refractivity contribution in [3.63, 3.8) is 0 Å². The first-order valence-electron chi connectivity index (χ1n) is 6.77. The maximum atomic E-state index is 11.7. The number of phenolic OH excluding ortho intramolecular Hbond substituents is 1. The number of hydrazone groups is 1. The summed E-state index contributed by atoms with van der Waals surface area (Å²) in [7, 11) is 1.46. The predicted molar refractivity (Wildman–Crippen MR) is 100 cm³/mol. The van der Waals surface area contributed by atoms with E-state index in [1.807, 2.05) is 22.6 Å². The van der Waals surface area contributed by atoms with Crippen molar-refractivity contribution in [2.45, 2.75) is 0 Å². The molecular weight excluding hydrogens is 447 g/mol. The average molecular weight is 461 g/mol. The molecule has 0 fully saturated rings. The highest BCUT2D eigenvalue weighted by atomic mass is 127. The van der Waals surface area contributed by atoms with Crippen LogP contribution in [0.2, 0.25) is 5.02 Å². The Morgan fingerprint density at radius 1 is 1.38 bits per heavy atom. The predicted octanol–water partition coefficient (Wildman–Crippen LogP) is 3.19. The van der Waals surface area contributed by atoms with Gasteiger partial charge in [0.15, 0.2) is 18.1 Å². The van der Waals surface area contributed by atoms with Crippen LogP contribution in [0.3, 0.4) is 0 Å². The second kappa shape index (κ2) is 8.74. The van der Waals surface area contributed by atoms with E-state index >= 15 is 0 Å². The van der Waals surface area contributed by atoms with Gasteiger partial charge in [-0.2, -0.15) is 5.10 Å². The molecule has 0 spiro atoms. The van der Waals surface area contributed by atoms with Gasteiger partial charge in [-0.1, -0.05) is 23.7 Å². The molecule has 0 saturated heterocycles. The first kappa shape index (κ1) is 18.3. The number of para-hydroxylation sites is 1. The van der Waals surface area contributed by atoms with E-state index in [0.717, 1.165) is 0 Å². The Morgan fingerprint density at radius 3 is 2.83 bits per heavy atom. The molecule has 0 saturated carbocycles. The highest BCUT2D eigenvalue weighted by Crippen LogP contribution is 2.31. The van der Waals surface area contributed by atoms with Gasteiger partial charge in [0.1, 0.15) is 5.75 Å². The van der Waals surface area contributed by atoms with Crippen molar-refractivity contribution >= 4 is 46.3 Å². The number of benzene rings is 2. The molecule has 0 aromatic heterocycles. The molecule has 0 aliphatic carbocycles. The molecule has 2 aromatic rings. The third-order valence-electron chi connectivity index (χ3n) is 2.87. The van der Waals surface area contributed by atoms with E-state index in [1.54, 1.807) is 36.4 Å². The maximum absolute atomic E-state index is 11.7. The summed E-state index contributed by atoms with van der Waals surface area (Å²) in [6, 6.07) is 10.2. The Balaban J connectivity index is 1.91. The van der Waals surface area contributed by atoms with E-state index in [0.29, 0.717) is 25.7 Å². The highest BCUT2D eigenvalue weighted by Gasteiger charge is 2.08. The molecule has 0 unspecified atom stereocenters. The molecule has 2 rings (SSSR count). The molecule has 126 valence electrons. The van der Waals surface area contributed by atoms with Gasteiger partial charge in [-0.05, 0) is 52.4 Å². The Hall–Kier alpha value is -2.00. The molecular formula is C16H14ClIN2O4. The number of aromatic hydroxyl groups is 1. The molecule has 1 amide bonds. The number of nitrogens with zero attached hydrogens (tertiary/aromatic N) is 1. The molecule has 0 aliphatic heterocycles. The minimum absolute atomic E-state index is 0.0624. The lowest BCUT2D eigenvalue weighted by molar-refractivity contribution is -0.123. The van der Waals surface area contributed by atoms with Gasteiger partial charge in [0, 0.05) is 0 Å². The molecule has 0 radical (unpaired) electrons. The summed E-state index contributed by atoms with van der Waals surface area (Å²) in [5.41, 5.74) is 3.02. The number of hydrogen-bond donors (Lipinski definition) is 2. The van der Waals surface area contributed by atoms with Crippen molar-refractivity contribution in [3.8, 4) is 17.2 Å². The van der Waals surface area contributed by atoms with Crippen molar-refractivity contribution in [2.24, 2.45) is 5.10 Å². The average Bonchev–Trinajstić information content (AvgIpc) is 2.57. The summed E-state index contributed by atoms with van der Waals surface area (Å²) in [5, 5.41) is 14.0. The Bertz CT molecular complexity index is 768. The van der Waals surface area contributed by atoms with Gasteiger partial charge in [0.25, 0.3) is 5.91 Å². The van der Waals surface area contributed by atoms with Gasteiger partial charge >= 0.3 is 0 Å². The SMILES string of the molecule is COc1cc(/C=N\NC(=O)COc2ccccc2Cl)cc(I)c1O. The summed E-state index contributed by atoms with van der Waals surface area (Å²) in [6.07, 6.45) is 1.44. The first-order valence-corrected chi connectivity index (χ1v) is 8.22. The van der Waals surface area contributed by atoms with Gasteiger partial charge in [-0.3, -0.25) is 4.79 Å². The van der Waals surface area contributed by atoms with Crippen LogP contribution in [-0.4, -0.2) is 30.9 Å². The van der Waals surface area contributed by atoms with E-state index < -0.39 is 5.91 Å². The van der Waals surface area contributed by atoms with Crippen LogP contribution in [0, 0.1) is 3.57 Å². The summed E-state index contributed by atoms with van der Waals surface area (Å²) in [6.45, 7) is -0.211. The third-order valence-corrected chi connectivity index (χ3v) is 4.00. The minimum atomic E-state index is -0.424. The monoisotopic (exact) mass is 460 g/mol. The molecule has 2 N–H and O–H groups in total. The molecule has 0 heterocycles. The van der Waals surface area contributed by atoms with E-state index in [9.17, 15) is 9.90 Å². The molecule has 0 bridgehead atoms. The first-order chi connectivity index (χ1) is 11.5. The molecule has 0 atom stereocenters. The zero-order valence-corrected chi connectivity index (χ0v) is 15.5. The van der Waals surface area contributed by atoms with Crippen molar-refractivity contribution in [1.29, 1.82) is 0 Å². The van der Waals surface area contributed by atoms with Crippen LogP contribution in [0.25, 0.3) is 0 Å². The van der Waals surface area contributed by atoms with E-state index in [4.69, 9.17) is 21.1 Å². The fourth-order valence-corrected chi connectivity index (χ4v) is 2.56. The van der Waals surface area contributed by atoms with E-state index in [1.165, 1.54) is 13.3 Å². The van der Waals surface area contributed by atoms with E-state index in [-0.39, 0.29) is 12.4 Å². The lowest BCUT2D eigenvalue weighted by Crippen LogP contribution is -2.24. The molecule has 2 aromatic carbocycles. The molecule has 6 nitrogen and oxygen atoms in total. The fourth-order valence-electron chi connectivity index (χ4n) is 1.74. The molecule has 0 aliphatic rings. The Morgan fingerprint density at radius 2 is 2.12 bits per heavy atom. The summed E-state index contributed by atoms with van der Waals surface area (Å²) >= 11 is 7.90. The van der Waals surface area contributed by atoms with Crippen molar-refractivity contribution in [1.82, 2.24) is 5.43 Å². The molecule has 24 heavy (non-hydrogen) atoms. The minimum Gasteiger partial charge on any atom is -0.504 e. The van der Waals surface area contributed by atoms with Gasteiger partial charge in [0.05, 0.1) is 21.9 Å². The second-order valence-electron chi connectivity index (χ2n) is 4.57. The third kappa shape index (κ3) is 5.00. The highest BCUT2D eigenvalue weighted by molar-refractivity contribution is 14.1. The standard InChI is InChI=1S/C16H14ClIN2O4/c1-23-14-7-10(6-12(18)16(14)22)8-19-20-15(21)9-24-13-5-3-2-4-11(13)17/h2-8,22H,9H2,1H3,(H,20,21)/b19-8-. The number of carbonyl (C=O) groups excluding carboxylic acids is 1. The Kier molecular flexibility index (Phi) is 6.68. The smallest absolute Gasteiger partial charge is 0.277 e. The quantitative estimate of drug-likeness (QED) is 0.394. The normalized spacial score (nSPS) is 10.6. The number of methoxy groups -OCH3 is 1. The number of amides is 1. The van der Waals surface area contributed by atoms with Gasteiger partial charge in [0.2, 0.25) is 0 Å². The second-order valence-corrected chi connectivity index (χ2v) is 6.14. The van der Waals surface area contributed by atoms with Crippen LogP contribution < -0.4 is 14.9 Å². The van der Waals surface area contributed by atoms with Gasteiger partial charge in [-0.25, -0.2) is 5.43 Å². The van der Waals surface area contributed by atoms with Gasteiger partial charge < -0.3 is 14.6 Å². The van der Waals surface area contributed by atoms with Crippen LogP contribution in [0.5, 0.6) is 17.2 Å². The van der Waals surface area contributed by atoms with E-state index in [2.05, 4.69) is 10.5 Å². The summed E-state index contributed by atoms with van der Waals surface area (Å²) < 4.78 is 11.0. The largest absolute Gasteiger partial charge is 0.504 e. The zero-order chi connectivity index (χ0) is 17.5. The van der Waals surface area contributed by atoms with Gasteiger partial charge in [-0.15, -0.1) is 0 Å². The van der Waals surface area contributed by atoms with Crippen LogP contribution in [-0.2, 0) is 4.79 Å². The number of halogens is 2. The number of rotatable bonds is 6. The van der Waals surface area contributed by atoms with Crippen molar-refractivity contribution in [3.05, 3.63) is 50.6 Å². The number of phenols is 1. The summed E-state index contributed by atoms with van der Waals surface area (Å²) in [5.74, 6) is 0.395. The van der Waals surface area contributed by atoms with Crippen LogP contribution in [0.1, 0.15) is 5.56 Å². The van der Waals surface area contributed by atoms with Crippen molar-refractivity contribution < 1.29 is 19.4 Å². The number of ether oxygens (including phenoxy) is 2. The number of nitrogens with one attached hydrogen (secondary N) is 1. The number of carbonyl (C=O) groups is 1. The van der Waals surface area contributed by atoms with Crippen molar-refractivity contribution in [2.75, 3.05) is 13.7 Å². The lowest BCUT2D eigenvalue weighted by atomic mass is 10.2. The summed E-state index contributed by atoms with van der Waals surface area (Å²) in [4.78, 5) is 11.7. The van der Waals surface area contributed by atoms with Crippen LogP contribution in [0.15, 0.2) is 41.5 Å². The topological polar surface area (TPSA) is 80.2 Å². The van der Waals surface area contributed by atoms with Crippen LogP contribution >= 0.6 is 34.2 Å². The number of hydrogen-bond acceptors (Lipinski definition) is 5.